The molecule has 0 atom stereocenters. The molecule has 0 heterocycles. The van der Waals surface area contributed by atoms with Gasteiger partial charge in [0.2, 0.25) is 0 Å². The van der Waals surface area contributed by atoms with E-state index in [9.17, 15) is 0 Å². The Morgan fingerprint density at radius 1 is 0.955 bits per heavy atom. The minimum Gasteiger partial charge on any atom is -0.0990 e. The highest BCUT2D eigenvalue weighted by molar-refractivity contribution is 9.11. The van der Waals surface area contributed by atoms with Crippen molar-refractivity contribution in [2.75, 3.05) is 0 Å². The molecule has 0 aliphatic heterocycles. The fraction of sp³-hybridized carbons (Fsp3) is 0.0526. The van der Waals surface area contributed by atoms with E-state index in [1.54, 1.807) is 6.08 Å². The molecular formula is C19H15Br3. The van der Waals surface area contributed by atoms with Crippen LogP contribution in [0.2, 0.25) is 0 Å². The summed E-state index contributed by atoms with van der Waals surface area (Å²) in [5.74, 6) is 0. The summed E-state index contributed by atoms with van der Waals surface area (Å²) in [6.07, 6.45) is 7.91. The van der Waals surface area contributed by atoms with Gasteiger partial charge in [0, 0.05) is 13.4 Å². The van der Waals surface area contributed by atoms with E-state index in [0.717, 1.165) is 35.7 Å². The molecule has 0 unspecified atom stereocenters. The highest BCUT2D eigenvalue weighted by atomic mass is 79.9. The quantitative estimate of drug-likeness (QED) is 0.390. The first-order valence-corrected chi connectivity index (χ1v) is 9.16. The Morgan fingerprint density at radius 2 is 1.68 bits per heavy atom. The van der Waals surface area contributed by atoms with Crippen molar-refractivity contribution in [2.45, 2.75) is 6.92 Å². The van der Waals surface area contributed by atoms with Crippen molar-refractivity contribution in [3.05, 3.63) is 86.3 Å². The van der Waals surface area contributed by atoms with Crippen molar-refractivity contribution in [3.63, 3.8) is 0 Å². The van der Waals surface area contributed by atoms with Gasteiger partial charge >= 0.3 is 0 Å². The lowest BCUT2D eigenvalue weighted by molar-refractivity contribution is 1.49. The summed E-state index contributed by atoms with van der Waals surface area (Å²) in [6.45, 7) is 5.80. The second-order valence-electron chi connectivity index (χ2n) is 4.65. The molecule has 2 rings (SSSR count). The molecule has 0 bridgehead atoms. The van der Waals surface area contributed by atoms with E-state index in [1.807, 2.05) is 37.3 Å². The van der Waals surface area contributed by atoms with Crippen LogP contribution in [0, 0.1) is 0 Å². The van der Waals surface area contributed by atoms with Crippen molar-refractivity contribution in [1.29, 1.82) is 0 Å². The Labute approximate surface area is 157 Å². The molecule has 0 nitrogen and oxygen atoms in total. The van der Waals surface area contributed by atoms with Gasteiger partial charge in [-0.2, -0.15) is 0 Å². The minimum atomic E-state index is 1.05. The molecule has 0 aliphatic rings. The maximum absolute atomic E-state index is 3.79. The van der Waals surface area contributed by atoms with Gasteiger partial charge in [-0.25, -0.2) is 0 Å². The largest absolute Gasteiger partial charge is 0.0990 e. The van der Waals surface area contributed by atoms with E-state index >= 15 is 0 Å². The van der Waals surface area contributed by atoms with Gasteiger partial charge in [-0.1, -0.05) is 96.9 Å². The van der Waals surface area contributed by atoms with E-state index in [1.165, 1.54) is 0 Å². The van der Waals surface area contributed by atoms with Crippen LogP contribution in [0.5, 0.6) is 0 Å². The second-order valence-corrected chi connectivity index (χ2v) is 7.21. The first-order chi connectivity index (χ1) is 10.6. The molecule has 22 heavy (non-hydrogen) atoms. The molecule has 0 aromatic heterocycles. The van der Waals surface area contributed by atoms with Gasteiger partial charge in [-0.3, -0.25) is 0 Å². The highest BCUT2D eigenvalue weighted by Gasteiger charge is 2.12. The number of allylic oxidation sites excluding steroid dienone is 5. The summed E-state index contributed by atoms with van der Waals surface area (Å²) in [6, 6.07) is 12.5. The first kappa shape index (κ1) is 17.5. The summed E-state index contributed by atoms with van der Waals surface area (Å²) >= 11 is 11.0. The van der Waals surface area contributed by atoms with Gasteiger partial charge in [0.15, 0.2) is 0 Å². The fourth-order valence-corrected chi connectivity index (χ4v) is 3.82. The van der Waals surface area contributed by atoms with Crippen molar-refractivity contribution in [3.8, 4) is 11.1 Å². The van der Waals surface area contributed by atoms with E-state index in [0.29, 0.717) is 0 Å². The van der Waals surface area contributed by atoms with E-state index in [2.05, 4.69) is 78.6 Å². The van der Waals surface area contributed by atoms with Crippen LogP contribution in [0.4, 0.5) is 0 Å². The van der Waals surface area contributed by atoms with E-state index in [-0.39, 0.29) is 0 Å². The van der Waals surface area contributed by atoms with E-state index in [4.69, 9.17) is 0 Å². The standard InChI is InChI=1S/C19H15Br3/c1-3-7-13(8-4-2)15-11-19(22)16(12-18(15)21)14-9-5-6-10-17(14)20/h3-12H,1H2,2H3/b8-4-,13-7+. The zero-order valence-corrected chi connectivity index (χ0v) is 16.9. The van der Waals surface area contributed by atoms with Crippen molar-refractivity contribution >= 4 is 53.4 Å². The van der Waals surface area contributed by atoms with Gasteiger partial charge < -0.3 is 0 Å². The first-order valence-electron chi connectivity index (χ1n) is 6.78. The Hall–Kier alpha value is -0.900. The van der Waals surface area contributed by atoms with Crippen LogP contribution in [-0.4, -0.2) is 0 Å². The molecule has 112 valence electrons. The Kier molecular flexibility index (Phi) is 6.42. The smallest absolute Gasteiger partial charge is 0.0261 e. The molecule has 0 fully saturated rings. The number of hydrogen-bond donors (Lipinski definition) is 0. The van der Waals surface area contributed by atoms with Crippen LogP contribution in [0.3, 0.4) is 0 Å². The van der Waals surface area contributed by atoms with Gasteiger partial charge in [-0.15, -0.1) is 0 Å². The van der Waals surface area contributed by atoms with Gasteiger partial charge in [0.05, 0.1) is 0 Å². The summed E-state index contributed by atoms with van der Waals surface area (Å²) in [5.41, 5.74) is 4.54. The molecule has 0 radical (unpaired) electrons. The number of benzene rings is 2. The second kappa shape index (κ2) is 8.09. The monoisotopic (exact) mass is 480 g/mol. The minimum absolute atomic E-state index is 1.05. The molecule has 0 spiro atoms. The third-order valence-corrected chi connectivity index (χ3v) is 5.18. The predicted molar refractivity (Wildman–Crippen MR) is 108 cm³/mol. The topological polar surface area (TPSA) is 0 Å². The average molecular weight is 483 g/mol. The molecule has 0 saturated heterocycles. The molecule has 0 saturated carbocycles. The lowest BCUT2D eigenvalue weighted by Gasteiger charge is -2.12. The number of rotatable bonds is 4. The van der Waals surface area contributed by atoms with Crippen LogP contribution < -0.4 is 0 Å². The third-order valence-electron chi connectivity index (χ3n) is 3.18. The number of hydrogen-bond acceptors (Lipinski definition) is 0. The normalized spacial score (nSPS) is 11.9. The summed E-state index contributed by atoms with van der Waals surface area (Å²) in [4.78, 5) is 0. The van der Waals surface area contributed by atoms with Crippen LogP contribution in [0.25, 0.3) is 16.7 Å². The summed E-state index contributed by atoms with van der Waals surface area (Å²) < 4.78 is 3.18. The maximum atomic E-state index is 3.79. The molecule has 0 aliphatic carbocycles. The predicted octanol–water partition coefficient (Wildman–Crippen LogP) is 7.79. The highest BCUT2D eigenvalue weighted by Crippen LogP contribution is 2.39. The molecule has 2 aromatic rings. The SMILES string of the molecule is C=C/C=C(\C=C/C)c1cc(Br)c(-c2ccccc2Br)cc1Br. The fourth-order valence-electron chi connectivity index (χ4n) is 2.20. The average Bonchev–Trinajstić information content (AvgIpc) is 2.50. The van der Waals surface area contributed by atoms with Crippen LogP contribution >= 0.6 is 47.8 Å². The zero-order chi connectivity index (χ0) is 16.1. The zero-order valence-electron chi connectivity index (χ0n) is 12.1. The Morgan fingerprint density at radius 3 is 2.32 bits per heavy atom. The summed E-state index contributed by atoms with van der Waals surface area (Å²) in [5, 5.41) is 0. The van der Waals surface area contributed by atoms with E-state index < -0.39 is 0 Å². The lowest BCUT2D eigenvalue weighted by Crippen LogP contribution is -1.89. The van der Waals surface area contributed by atoms with Gasteiger partial charge in [-0.05, 0) is 47.4 Å². The Balaban J connectivity index is 2.61. The lowest BCUT2D eigenvalue weighted by atomic mass is 9.99. The number of halogens is 3. The summed E-state index contributed by atoms with van der Waals surface area (Å²) in [7, 11) is 0. The van der Waals surface area contributed by atoms with Gasteiger partial charge in [0.25, 0.3) is 0 Å². The van der Waals surface area contributed by atoms with Crippen molar-refractivity contribution in [2.24, 2.45) is 0 Å². The molecule has 0 N–H and O–H groups in total. The van der Waals surface area contributed by atoms with Gasteiger partial charge in [0.1, 0.15) is 0 Å². The molecular weight excluding hydrogens is 468 g/mol. The third kappa shape index (κ3) is 3.89. The molecule has 0 amide bonds. The van der Waals surface area contributed by atoms with Crippen molar-refractivity contribution < 1.29 is 0 Å². The van der Waals surface area contributed by atoms with Crippen molar-refractivity contribution in [1.82, 2.24) is 0 Å². The van der Waals surface area contributed by atoms with Crippen LogP contribution in [0.1, 0.15) is 12.5 Å². The van der Waals surface area contributed by atoms with Crippen LogP contribution in [0.15, 0.2) is 80.7 Å². The Bertz CT molecular complexity index is 755. The van der Waals surface area contributed by atoms with Crippen LogP contribution in [-0.2, 0) is 0 Å². The molecule has 3 heteroatoms. The maximum Gasteiger partial charge on any atom is 0.0261 e. The molecule has 2 aromatic carbocycles.